The van der Waals surface area contributed by atoms with E-state index < -0.39 is 0 Å². The lowest BCUT2D eigenvalue weighted by Gasteiger charge is -2.20. The highest BCUT2D eigenvalue weighted by atomic mass is 15.2. The van der Waals surface area contributed by atoms with Crippen molar-refractivity contribution in [3.05, 3.63) is 11.6 Å². The third-order valence-corrected chi connectivity index (χ3v) is 2.95. The molecule has 0 aromatic rings. The summed E-state index contributed by atoms with van der Waals surface area (Å²) in [4.78, 5) is 2.50. The molecule has 74 valence electrons. The highest BCUT2D eigenvalue weighted by molar-refractivity contribution is 5.14. The molecule has 2 aliphatic rings. The van der Waals surface area contributed by atoms with Gasteiger partial charge in [-0.2, -0.15) is 0 Å². The summed E-state index contributed by atoms with van der Waals surface area (Å²) in [6.45, 7) is 7.99. The predicted molar refractivity (Wildman–Crippen MR) is 55.8 cm³/mol. The first-order valence-electron chi connectivity index (χ1n) is 5.41. The minimum absolute atomic E-state index is 0.690. The number of hydrogen-bond acceptors (Lipinski definition) is 2. The summed E-state index contributed by atoms with van der Waals surface area (Å²) in [7, 11) is 0. The van der Waals surface area contributed by atoms with E-state index in [0.717, 1.165) is 19.1 Å². The SMILES string of the molecule is CC(C)N1CC=C(CNC2CC2)C1. The first-order chi connectivity index (χ1) is 6.25. The normalized spacial score (nSPS) is 24.1. The second-order valence-corrected chi connectivity index (χ2v) is 4.54. The monoisotopic (exact) mass is 180 g/mol. The second-order valence-electron chi connectivity index (χ2n) is 4.54. The van der Waals surface area contributed by atoms with E-state index in [1.165, 1.54) is 19.4 Å². The largest absolute Gasteiger partial charge is 0.310 e. The van der Waals surface area contributed by atoms with Gasteiger partial charge < -0.3 is 5.32 Å². The molecule has 0 saturated heterocycles. The van der Waals surface area contributed by atoms with Gasteiger partial charge in [-0.3, -0.25) is 4.90 Å². The van der Waals surface area contributed by atoms with Crippen molar-refractivity contribution in [2.24, 2.45) is 0 Å². The summed E-state index contributed by atoms with van der Waals surface area (Å²) >= 11 is 0. The lowest BCUT2D eigenvalue weighted by Crippen LogP contribution is -2.30. The molecule has 0 atom stereocenters. The first kappa shape index (κ1) is 9.22. The summed E-state index contributed by atoms with van der Waals surface area (Å²) in [5.41, 5.74) is 1.58. The Bertz CT molecular complexity index is 204. The molecule has 2 nitrogen and oxygen atoms in total. The molecule has 2 rings (SSSR count). The highest BCUT2D eigenvalue weighted by Crippen LogP contribution is 2.19. The van der Waals surface area contributed by atoms with Crippen molar-refractivity contribution in [2.45, 2.75) is 38.8 Å². The van der Waals surface area contributed by atoms with Crippen LogP contribution in [-0.4, -0.2) is 36.6 Å². The number of hydrogen-bond donors (Lipinski definition) is 1. The minimum Gasteiger partial charge on any atom is -0.310 e. The van der Waals surface area contributed by atoms with E-state index in [2.05, 4.69) is 30.1 Å². The summed E-state index contributed by atoms with van der Waals surface area (Å²) in [6, 6.07) is 1.53. The van der Waals surface area contributed by atoms with Crippen molar-refractivity contribution < 1.29 is 0 Å². The van der Waals surface area contributed by atoms with Crippen molar-refractivity contribution in [2.75, 3.05) is 19.6 Å². The summed E-state index contributed by atoms with van der Waals surface area (Å²) in [6.07, 6.45) is 5.16. The van der Waals surface area contributed by atoms with E-state index in [-0.39, 0.29) is 0 Å². The molecule has 2 heteroatoms. The fourth-order valence-electron chi connectivity index (χ4n) is 1.72. The van der Waals surface area contributed by atoms with Gasteiger partial charge in [0.2, 0.25) is 0 Å². The van der Waals surface area contributed by atoms with Crippen LogP contribution in [-0.2, 0) is 0 Å². The van der Waals surface area contributed by atoms with Gasteiger partial charge in [0, 0.05) is 31.7 Å². The quantitative estimate of drug-likeness (QED) is 0.658. The Kier molecular flexibility index (Phi) is 2.70. The Morgan fingerprint density at radius 2 is 2.31 bits per heavy atom. The van der Waals surface area contributed by atoms with Crippen molar-refractivity contribution in [1.29, 1.82) is 0 Å². The smallest absolute Gasteiger partial charge is 0.0212 e. The van der Waals surface area contributed by atoms with Crippen molar-refractivity contribution in [3.63, 3.8) is 0 Å². The molecule has 1 heterocycles. The van der Waals surface area contributed by atoms with Gasteiger partial charge in [-0.05, 0) is 32.3 Å². The van der Waals surface area contributed by atoms with Crippen LogP contribution in [0, 0.1) is 0 Å². The van der Waals surface area contributed by atoms with Crippen LogP contribution in [0.15, 0.2) is 11.6 Å². The average molecular weight is 180 g/mol. The molecule has 13 heavy (non-hydrogen) atoms. The molecule has 1 saturated carbocycles. The Hall–Kier alpha value is -0.340. The maximum atomic E-state index is 3.56. The molecule has 1 fully saturated rings. The number of rotatable bonds is 4. The van der Waals surface area contributed by atoms with E-state index >= 15 is 0 Å². The van der Waals surface area contributed by atoms with E-state index in [1.54, 1.807) is 5.57 Å². The van der Waals surface area contributed by atoms with Gasteiger partial charge >= 0.3 is 0 Å². The first-order valence-corrected chi connectivity index (χ1v) is 5.41. The molecule has 0 amide bonds. The Balaban J connectivity index is 1.69. The molecule has 1 aliphatic heterocycles. The van der Waals surface area contributed by atoms with E-state index in [4.69, 9.17) is 0 Å². The zero-order valence-corrected chi connectivity index (χ0v) is 8.71. The Morgan fingerprint density at radius 3 is 2.85 bits per heavy atom. The van der Waals surface area contributed by atoms with E-state index in [0.29, 0.717) is 6.04 Å². The Morgan fingerprint density at radius 1 is 1.54 bits per heavy atom. The topological polar surface area (TPSA) is 15.3 Å². The predicted octanol–water partition coefficient (Wildman–Crippen LogP) is 1.39. The molecule has 0 bridgehead atoms. The second kappa shape index (κ2) is 3.81. The molecule has 0 radical (unpaired) electrons. The summed E-state index contributed by atoms with van der Waals surface area (Å²) < 4.78 is 0. The van der Waals surface area contributed by atoms with E-state index in [1.807, 2.05) is 0 Å². The lowest BCUT2D eigenvalue weighted by atomic mass is 10.2. The van der Waals surface area contributed by atoms with Crippen LogP contribution in [0.1, 0.15) is 26.7 Å². The van der Waals surface area contributed by atoms with Crippen LogP contribution < -0.4 is 5.32 Å². The van der Waals surface area contributed by atoms with Gasteiger partial charge in [0.05, 0.1) is 0 Å². The zero-order chi connectivity index (χ0) is 9.26. The van der Waals surface area contributed by atoms with Crippen LogP contribution >= 0.6 is 0 Å². The van der Waals surface area contributed by atoms with Crippen molar-refractivity contribution >= 4 is 0 Å². The van der Waals surface area contributed by atoms with Gasteiger partial charge in [-0.15, -0.1) is 0 Å². The van der Waals surface area contributed by atoms with Crippen LogP contribution in [0.25, 0.3) is 0 Å². The van der Waals surface area contributed by atoms with Gasteiger partial charge in [-0.25, -0.2) is 0 Å². The maximum absolute atomic E-state index is 3.56. The molecule has 0 aromatic carbocycles. The standard InChI is InChI=1S/C11H20N2/c1-9(2)13-6-5-10(8-13)7-12-11-3-4-11/h5,9,11-12H,3-4,6-8H2,1-2H3. The lowest BCUT2D eigenvalue weighted by molar-refractivity contribution is 0.283. The third kappa shape index (κ3) is 2.55. The highest BCUT2D eigenvalue weighted by Gasteiger charge is 2.22. The Labute approximate surface area is 81.0 Å². The third-order valence-electron chi connectivity index (χ3n) is 2.95. The van der Waals surface area contributed by atoms with Crippen molar-refractivity contribution in [1.82, 2.24) is 10.2 Å². The minimum atomic E-state index is 0.690. The fraction of sp³-hybridized carbons (Fsp3) is 0.818. The van der Waals surface area contributed by atoms with E-state index in [9.17, 15) is 0 Å². The molecular weight excluding hydrogens is 160 g/mol. The molecule has 1 N–H and O–H groups in total. The summed E-state index contributed by atoms with van der Waals surface area (Å²) in [5, 5.41) is 3.56. The van der Waals surface area contributed by atoms with Gasteiger partial charge in [-0.1, -0.05) is 6.08 Å². The molecule has 0 unspecified atom stereocenters. The molecule has 0 spiro atoms. The van der Waals surface area contributed by atoms with Crippen LogP contribution in [0.4, 0.5) is 0 Å². The molecule has 1 aliphatic carbocycles. The van der Waals surface area contributed by atoms with Gasteiger partial charge in [0.1, 0.15) is 0 Å². The summed E-state index contributed by atoms with van der Waals surface area (Å²) in [5.74, 6) is 0. The van der Waals surface area contributed by atoms with Gasteiger partial charge in [0.15, 0.2) is 0 Å². The average Bonchev–Trinajstić information content (AvgIpc) is 2.79. The van der Waals surface area contributed by atoms with Crippen molar-refractivity contribution in [3.8, 4) is 0 Å². The zero-order valence-electron chi connectivity index (χ0n) is 8.71. The number of nitrogens with zero attached hydrogens (tertiary/aromatic N) is 1. The van der Waals surface area contributed by atoms with Crippen LogP contribution in [0.3, 0.4) is 0 Å². The van der Waals surface area contributed by atoms with Crippen LogP contribution in [0.2, 0.25) is 0 Å². The maximum Gasteiger partial charge on any atom is 0.0212 e. The number of nitrogens with one attached hydrogen (secondary N) is 1. The molecular formula is C11H20N2. The van der Waals surface area contributed by atoms with Gasteiger partial charge in [0.25, 0.3) is 0 Å². The van der Waals surface area contributed by atoms with Crippen LogP contribution in [0.5, 0.6) is 0 Å². The fourth-order valence-corrected chi connectivity index (χ4v) is 1.72. The molecule has 0 aromatic heterocycles.